The smallest absolute Gasteiger partial charge is 0.0786 e. The van der Waals surface area contributed by atoms with Crippen molar-refractivity contribution in [2.75, 3.05) is 0 Å². The molecule has 3 aromatic carbocycles. The Hall–Kier alpha value is -2.67. The monoisotopic (exact) mass is 393 g/mol. The van der Waals surface area contributed by atoms with Crippen molar-refractivity contribution in [3.63, 3.8) is 0 Å². The maximum absolute atomic E-state index is 4.90. The van der Waals surface area contributed by atoms with Crippen molar-refractivity contribution in [2.24, 2.45) is 5.41 Å². The van der Waals surface area contributed by atoms with Gasteiger partial charge in [-0.3, -0.25) is 4.98 Å². The normalized spacial score (nSPS) is 14.9. The first-order valence-corrected chi connectivity index (χ1v) is 11.0. The highest BCUT2D eigenvalue weighted by molar-refractivity contribution is 6.04. The zero-order chi connectivity index (χ0) is 21.4. The summed E-state index contributed by atoms with van der Waals surface area (Å²) in [5.74, 6) is 0. The number of fused-ring (bicyclic) bond motifs is 3. The Labute approximate surface area is 180 Å². The summed E-state index contributed by atoms with van der Waals surface area (Å²) in [6.45, 7) is 16.1. The Morgan fingerprint density at radius 3 is 2.37 bits per heavy atom. The van der Waals surface area contributed by atoms with Gasteiger partial charge in [-0.15, -0.1) is 0 Å². The van der Waals surface area contributed by atoms with E-state index in [-0.39, 0.29) is 10.8 Å². The van der Waals surface area contributed by atoms with E-state index in [0.29, 0.717) is 0 Å². The standard InChI is InChI=1S/C29H31N/c1-17-10-18(2)22-15-24-23(14-21(22)11-17)27-26-20(8-9-30-27)12-19(16-28(3,4)5)13-25(26)29(24,6)7/h8-15H,16H2,1-7H3. The molecule has 0 saturated heterocycles. The second-order valence-corrected chi connectivity index (χ2v) is 11.0. The highest BCUT2D eigenvalue weighted by atomic mass is 14.7. The van der Waals surface area contributed by atoms with Crippen LogP contribution in [0.15, 0.2) is 48.7 Å². The Bertz CT molecular complexity index is 1330. The highest BCUT2D eigenvalue weighted by Crippen LogP contribution is 2.49. The summed E-state index contributed by atoms with van der Waals surface area (Å²) < 4.78 is 0. The molecule has 1 aliphatic rings. The largest absolute Gasteiger partial charge is 0.256 e. The summed E-state index contributed by atoms with van der Waals surface area (Å²) in [6, 6.07) is 16.4. The zero-order valence-electron chi connectivity index (χ0n) is 19.3. The van der Waals surface area contributed by atoms with Crippen molar-refractivity contribution < 1.29 is 0 Å². The first-order chi connectivity index (χ1) is 14.0. The van der Waals surface area contributed by atoms with Crippen molar-refractivity contribution >= 4 is 21.5 Å². The minimum atomic E-state index is -0.0664. The predicted molar refractivity (Wildman–Crippen MR) is 129 cm³/mol. The second kappa shape index (κ2) is 6.17. The Morgan fingerprint density at radius 1 is 0.867 bits per heavy atom. The molecule has 0 spiro atoms. The molecule has 1 aromatic heterocycles. The van der Waals surface area contributed by atoms with Crippen LogP contribution >= 0.6 is 0 Å². The van der Waals surface area contributed by atoms with Gasteiger partial charge in [0.25, 0.3) is 0 Å². The van der Waals surface area contributed by atoms with Crippen LogP contribution in [0.5, 0.6) is 0 Å². The molecule has 30 heavy (non-hydrogen) atoms. The molecule has 0 bridgehead atoms. The van der Waals surface area contributed by atoms with Crippen LogP contribution in [0.2, 0.25) is 0 Å². The average molecular weight is 394 g/mol. The number of hydrogen-bond donors (Lipinski definition) is 0. The maximum Gasteiger partial charge on any atom is 0.0786 e. The van der Waals surface area contributed by atoms with E-state index < -0.39 is 0 Å². The summed E-state index contributed by atoms with van der Waals surface area (Å²) in [4.78, 5) is 4.90. The average Bonchev–Trinajstić information content (AvgIpc) is 2.63. The van der Waals surface area contributed by atoms with Crippen LogP contribution in [0.25, 0.3) is 32.8 Å². The number of benzene rings is 3. The quantitative estimate of drug-likeness (QED) is 0.320. The maximum atomic E-state index is 4.90. The Kier molecular flexibility index (Phi) is 3.97. The molecule has 0 fully saturated rings. The van der Waals surface area contributed by atoms with Crippen molar-refractivity contribution in [3.8, 4) is 11.3 Å². The van der Waals surface area contributed by atoms with Gasteiger partial charge in [0, 0.05) is 22.6 Å². The molecular weight excluding hydrogens is 362 g/mol. The van der Waals surface area contributed by atoms with Gasteiger partial charge < -0.3 is 0 Å². The Balaban J connectivity index is 1.88. The lowest BCUT2D eigenvalue weighted by molar-refractivity contribution is 0.411. The molecule has 0 radical (unpaired) electrons. The Morgan fingerprint density at radius 2 is 1.63 bits per heavy atom. The van der Waals surface area contributed by atoms with Crippen LogP contribution in [0.3, 0.4) is 0 Å². The fourth-order valence-electron chi connectivity index (χ4n) is 5.43. The summed E-state index contributed by atoms with van der Waals surface area (Å²) in [7, 11) is 0. The van der Waals surface area contributed by atoms with Crippen molar-refractivity contribution in [2.45, 2.75) is 60.3 Å². The third-order valence-corrected chi connectivity index (χ3v) is 6.70. The van der Waals surface area contributed by atoms with Gasteiger partial charge in [-0.1, -0.05) is 64.4 Å². The van der Waals surface area contributed by atoms with Crippen LogP contribution < -0.4 is 0 Å². The molecule has 0 N–H and O–H groups in total. The van der Waals surface area contributed by atoms with E-state index in [9.17, 15) is 0 Å². The molecule has 0 unspecified atom stereocenters. The summed E-state index contributed by atoms with van der Waals surface area (Å²) in [5.41, 5.74) is 9.52. The van der Waals surface area contributed by atoms with Crippen LogP contribution in [0.1, 0.15) is 62.4 Å². The highest BCUT2D eigenvalue weighted by Gasteiger charge is 2.35. The lowest BCUT2D eigenvalue weighted by Crippen LogP contribution is -2.25. The van der Waals surface area contributed by atoms with E-state index in [0.717, 1.165) is 12.1 Å². The second-order valence-electron chi connectivity index (χ2n) is 11.0. The molecule has 4 aromatic rings. The molecular formula is C29H31N. The topological polar surface area (TPSA) is 12.9 Å². The molecule has 0 amide bonds. The molecule has 0 aliphatic heterocycles. The summed E-state index contributed by atoms with van der Waals surface area (Å²) in [5, 5.41) is 5.31. The number of aromatic nitrogens is 1. The van der Waals surface area contributed by atoms with Gasteiger partial charge in [0.1, 0.15) is 0 Å². The van der Waals surface area contributed by atoms with Gasteiger partial charge in [0.15, 0.2) is 0 Å². The molecule has 1 heteroatoms. The number of aryl methyl sites for hydroxylation is 2. The first kappa shape index (κ1) is 19.3. The molecule has 1 nitrogen and oxygen atoms in total. The number of pyridine rings is 1. The minimum Gasteiger partial charge on any atom is -0.256 e. The SMILES string of the molecule is Cc1cc(C)c2cc3c(cc2c1)-c1nccc2cc(CC(C)(C)C)cc(c12)C3(C)C. The first-order valence-electron chi connectivity index (χ1n) is 11.0. The van der Waals surface area contributed by atoms with Crippen LogP contribution in [0.4, 0.5) is 0 Å². The summed E-state index contributed by atoms with van der Waals surface area (Å²) in [6.07, 6.45) is 3.06. The molecule has 1 heterocycles. The van der Waals surface area contributed by atoms with Gasteiger partial charge in [-0.25, -0.2) is 0 Å². The van der Waals surface area contributed by atoms with E-state index in [1.165, 1.54) is 54.9 Å². The lowest BCUT2D eigenvalue weighted by Gasteiger charge is -2.36. The molecule has 5 rings (SSSR count). The van der Waals surface area contributed by atoms with Crippen LogP contribution in [0, 0.1) is 19.3 Å². The van der Waals surface area contributed by atoms with E-state index in [1.54, 1.807) is 0 Å². The third-order valence-electron chi connectivity index (χ3n) is 6.70. The van der Waals surface area contributed by atoms with E-state index >= 15 is 0 Å². The van der Waals surface area contributed by atoms with Gasteiger partial charge in [-0.05, 0) is 82.3 Å². The number of hydrogen-bond acceptors (Lipinski definition) is 1. The van der Waals surface area contributed by atoms with E-state index in [2.05, 4.69) is 90.9 Å². The van der Waals surface area contributed by atoms with Gasteiger partial charge in [-0.2, -0.15) is 0 Å². The third kappa shape index (κ3) is 2.87. The fraction of sp³-hybridized carbons (Fsp3) is 0.345. The van der Waals surface area contributed by atoms with Crippen molar-refractivity contribution in [3.05, 3.63) is 76.5 Å². The minimum absolute atomic E-state index is 0.0664. The van der Waals surface area contributed by atoms with E-state index in [1.807, 2.05) is 6.20 Å². The van der Waals surface area contributed by atoms with Gasteiger partial charge >= 0.3 is 0 Å². The molecule has 0 atom stereocenters. The fourth-order valence-corrected chi connectivity index (χ4v) is 5.43. The van der Waals surface area contributed by atoms with Crippen molar-refractivity contribution in [1.29, 1.82) is 0 Å². The van der Waals surface area contributed by atoms with Gasteiger partial charge in [0.2, 0.25) is 0 Å². The number of nitrogens with zero attached hydrogens (tertiary/aromatic N) is 1. The van der Waals surface area contributed by atoms with Crippen molar-refractivity contribution in [1.82, 2.24) is 4.98 Å². The molecule has 0 saturated carbocycles. The van der Waals surface area contributed by atoms with Gasteiger partial charge in [0.05, 0.1) is 5.69 Å². The van der Waals surface area contributed by atoms with Crippen LogP contribution in [-0.4, -0.2) is 4.98 Å². The van der Waals surface area contributed by atoms with Crippen LogP contribution in [-0.2, 0) is 11.8 Å². The molecule has 152 valence electrons. The van der Waals surface area contributed by atoms with E-state index in [4.69, 9.17) is 4.98 Å². The zero-order valence-corrected chi connectivity index (χ0v) is 19.3. The molecule has 1 aliphatic carbocycles. The number of rotatable bonds is 1. The lowest BCUT2D eigenvalue weighted by atomic mass is 9.68. The summed E-state index contributed by atoms with van der Waals surface area (Å²) >= 11 is 0. The predicted octanol–water partition coefficient (Wildman–Crippen LogP) is 7.90.